The topological polar surface area (TPSA) is 85.3 Å². The Morgan fingerprint density at radius 2 is 1.59 bits per heavy atom. The molecule has 0 fully saturated rings. The molecule has 0 amide bonds. The molecule has 17 heavy (non-hydrogen) atoms. The highest BCUT2D eigenvalue weighted by atomic mass is 32.3. The number of carbonyl (C=O) groups is 1. The molecule has 0 radical (unpaired) electrons. The van der Waals surface area contributed by atoms with E-state index in [4.69, 9.17) is 0 Å². The van der Waals surface area contributed by atoms with Crippen molar-refractivity contribution < 1.29 is 21.6 Å². The summed E-state index contributed by atoms with van der Waals surface area (Å²) in [6.45, 7) is 0. The van der Waals surface area contributed by atoms with Crippen LogP contribution >= 0.6 is 0 Å². The van der Waals surface area contributed by atoms with Gasteiger partial charge in [0.05, 0.1) is 0 Å². The maximum Gasteiger partial charge on any atom is 0.177 e. The first-order valence-corrected chi connectivity index (χ1v) is 8.54. The number of rotatable bonds is 5. The molecule has 0 spiro atoms. The lowest BCUT2D eigenvalue weighted by atomic mass is 10.2. The van der Waals surface area contributed by atoms with E-state index in [1.165, 1.54) is 12.1 Å². The van der Waals surface area contributed by atoms with Gasteiger partial charge in [-0.05, 0) is 0 Å². The summed E-state index contributed by atoms with van der Waals surface area (Å²) in [7, 11) is -7.57. The van der Waals surface area contributed by atoms with Gasteiger partial charge in [-0.2, -0.15) is 0 Å². The minimum Gasteiger partial charge on any atom is -0.293 e. The fourth-order valence-corrected chi connectivity index (χ4v) is 4.78. The van der Waals surface area contributed by atoms with E-state index in [-0.39, 0.29) is 5.56 Å². The van der Waals surface area contributed by atoms with Crippen LogP contribution in [-0.4, -0.2) is 39.7 Å². The highest BCUT2D eigenvalue weighted by Gasteiger charge is 2.22. The van der Waals surface area contributed by atoms with Gasteiger partial charge >= 0.3 is 0 Å². The Hall–Kier alpha value is -1.21. The zero-order valence-corrected chi connectivity index (χ0v) is 10.8. The van der Waals surface area contributed by atoms with Crippen LogP contribution in [0.5, 0.6) is 0 Å². The molecule has 0 saturated carbocycles. The third-order valence-corrected chi connectivity index (χ3v) is 5.69. The van der Waals surface area contributed by atoms with E-state index >= 15 is 0 Å². The van der Waals surface area contributed by atoms with Gasteiger partial charge in [0.25, 0.3) is 0 Å². The molecule has 94 valence electrons. The van der Waals surface area contributed by atoms with E-state index < -0.39 is 36.3 Å². The number of carbonyl (C=O) groups excluding carboxylic acids is 1. The SMILES string of the molecule is CS(=O)(=O)CS(=O)(=O)CC(=O)c1ccccc1. The number of sulfone groups is 2. The zero-order valence-electron chi connectivity index (χ0n) is 9.16. The molecule has 0 unspecified atom stereocenters. The van der Waals surface area contributed by atoms with Gasteiger partial charge < -0.3 is 0 Å². The summed E-state index contributed by atoms with van der Waals surface area (Å²) in [5, 5.41) is -1.00. The molecule has 0 heterocycles. The minimum absolute atomic E-state index is 0.254. The predicted octanol–water partition coefficient (Wildman–Crippen LogP) is 0.286. The van der Waals surface area contributed by atoms with Gasteiger partial charge in [-0.15, -0.1) is 0 Å². The molecule has 1 aromatic carbocycles. The molecule has 0 bridgehead atoms. The second kappa shape index (κ2) is 4.97. The van der Waals surface area contributed by atoms with E-state index in [0.29, 0.717) is 0 Å². The molecule has 0 N–H and O–H groups in total. The Morgan fingerprint density at radius 3 is 2.06 bits per heavy atom. The average molecular weight is 276 g/mol. The quantitative estimate of drug-likeness (QED) is 0.721. The van der Waals surface area contributed by atoms with Gasteiger partial charge in [0.1, 0.15) is 5.75 Å². The van der Waals surface area contributed by atoms with Crippen molar-refractivity contribution in [3.63, 3.8) is 0 Å². The lowest BCUT2D eigenvalue weighted by Crippen LogP contribution is -2.23. The van der Waals surface area contributed by atoms with Crippen LogP contribution in [0.25, 0.3) is 0 Å². The van der Waals surface area contributed by atoms with Crippen molar-refractivity contribution in [1.82, 2.24) is 0 Å². The van der Waals surface area contributed by atoms with Crippen molar-refractivity contribution in [3.05, 3.63) is 35.9 Å². The highest BCUT2D eigenvalue weighted by molar-refractivity contribution is 8.08. The monoisotopic (exact) mass is 276 g/mol. The summed E-state index contributed by atoms with van der Waals surface area (Å²) < 4.78 is 44.6. The van der Waals surface area contributed by atoms with Crippen molar-refractivity contribution in [1.29, 1.82) is 0 Å². The van der Waals surface area contributed by atoms with E-state index in [1.54, 1.807) is 18.2 Å². The second-order valence-electron chi connectivity index (χ2n) is 3.72. The first-order valence-electron chi connectivity index (χ1n) is 4.66. The van der Waals surface area contributed by atoms with Gasteiger partial charge in [0.15, 0.2) is 30.5 Å². The maximum atomic E-state index is 11.6. The third kappa shape index (κ3) is 5.10. The second-order valence-corrected chi connectivity index (χ2v) is 8.29. The molecule has 1 rings (SSSR count). The number of hydrogen-bond donors (Lipinski definition) is 0. The molecule has 5 nitrogen and oxygen atoms in total. The Bertz CT molecular complexity index is 599. The van der Waals surface area contributed by atoms with Gasteiger partial charge in [0, 0.05) is 11.8 Å². The average Bonchev–Trinajstić information content (AvgIpc) is 2.14. The summed E-state index contributed by atoms with van der Waals surface area (Å²) in [6.07, 6.45) is 0.817. The van der Waals surface area contributed by atoms with Crippen LogP contribution in [0.15, 0.2) is 30.3 Å². The van der Waals surface area contributed by atoms with Crippen LogP contribution in [0.1, 0.15) is 10.4 Å². The summed E-state index contributed by atoms with van der Waals surface area (Å²) in [5.74, 6) is -1.39. The number of Topliss-reactive ketones (excluding diaryl/α,β-unsaturated/α-hetero) is 1. The van der Waals surface area contributed by atoms with E-state index in [2.05, 4.69) is 0 Å². The zero-order chi connectivity index (χ0) is 13.1. The minimum atomic E-state index is -3.92. The third-order valence-electron chi connectivity index (χ3n) is 1.84. The number of benzene rings is 1. The number of hydrogen-bond acceptors (Lipinski definition) is 5. The smallest absolute Gasteiger partial charge is 0.177 e. The highest BCUT2D eigenvalue weighted by Crippen LogP contribution is 2.04. The fourth-order valence-electron chi connectivity index (χ4n) is 1.27. The van der Waals surface area contributed by atoms with Crippen LogP contribution in [0.3, 0.4) is 0 Å². The van der Waals surface area contributed by atoms with E-state index in [9.17, 15) is 21.6 Å². The van der Waals surface area contributed by atoms with Crippen LogP contribution in [0, 0.1) is 0 Å². The lowest BCUT2D eigenvalue weighted by Gasteiger charge is -2.02. The summed E-state index contributed by atoms with van der Waals surface area (Å²) in [4.78, 5) is 11.6. The van der Waals surface area contributed by atoms with Crippen molar-refractivity contribution >= 4 is 25.5 Å². The molecule has 0 aliphatic heterocycles. The Balaban J connectivity index is 2.83. The fraction of sp³-hybridized carbons (Fsp3) is 0.300. The van der Waals surface area contributed by atoms with Crippen molar-refractivity contribution in [2.24, 2.45) is 0 Å². The molecule has 0 saturated heterocycles. The largest absolute Gasteiger partial charge is 0.293 e. The number of ketones is 1. The van der Waals surface area contributed by atoms with Gasteiger partial charge in [0.2, 0.25) is 0 Å². The Kier molecular flexibility index (Phi) is 4.05. The van der Waals surface area contributed by atoms with Crippen LogP contribution < -0.4 is 0 Å². The van der Waals surface area contributed by atoms with Gasteiger partial charge in [-0.25, -0.2) is 16.8 Å². The molecule has 0 aliphatic rings. The normalized spacial score (nSPS) is 12.3. The van der Waals surface area contributed by atoms with Gasteiger partial charge in [-0.1, -0.05) is 30.3 Å². The van der Waals surface area contributed by atoms with Crippen LogP contribution in [0.4, 0.5) is 0 Å². The van der Waals surface area contributed by atoms with Gasteiger partial charge in [-0.3, -0.25) is 4.79 Å². The molecular weight excluding hydrogens is 264 g/mol. The first-order chi connectivity index (χ1) is 7.70. The molecule has 0 aliphatic carbocycles. The summed E-state index contributed by atoms with van der Waals surface area (Å²) >= 11 is 0. The van der Waals surface area contributed by atoms with E-state index in [0.717, 1.165) is 6.26 Å². The van der Waals surface area contributed by atoms with Crippen molar-refractivity contribution in [2.75, 3.05) is 17.1 Å². The summed E-state index contributed by atoms with van der Waals surface area (Å²) in [5.41, 5.74) is 0.254. The van der Waals surface area contributed by atoms with Crippen LogP contribution in [0.2, 0.25) is 0 Å². The van der Waals surface area contributed by atoms with Crippen molar-refractivity contribution in [3.8, 4) is 0 Å². The predicted molar refractivity (Wildman–Crippen MR) is 64.3 cm³/mol. The van der Waals surface area contributed by atoms with Crippen LogP contribution in [-0.2, 0) is 19.7 Å². The first kappa shape index (κ1) is 13.9. The maximum absolute atomic E-state index is 11.6. The molecule has 0 atom stereocenters. The molecule has 1 aromatic rings. The van der Waals surface area contributed by atoms with Crippen molar-refractivity contribution in [2.45, 2.75) is 0 Å². The molecule has 7 heteroatoms. The van der Waals surface area contributed by atoms with E-state index in [1.807, 2.05) is 0 Å². The Labute approximate surface area is 100 Å². The summed E-state index contributed by atoms with van der Waals surface area (Å²) in [6, 6.07) is 7.88. The molecule has 0 aromatic heterocycles. The lowest BCUT2D eigenvalue weighted by molar-refractivity contribution is 0.102. The molecular formula is C10H12O5S2. The standard InChI is InChI=1S/C10H12O5S2/c1-16(12,13)8-17(14,15)7-10(11)9-5-3-2-4-6-9/h2-6H,7-8H2,1H3. The Morgan fingerprint density at radius 1 is 1.06 bits per heavy atom.